The van der Waals surface area contributed by atoms with Gasteiger partial charge in [-0.3, -0.25) is 9.78 Å². The third kappa shape index (κ3) is 5.61. The van der Waals surface area contributed by atoms with Gasteiger partial charge >= 0.3 is 6.16 Å². The summed E-state index contributed by atoms with van der Waals surface area (Å²) in [6.45, 7) is 2.16. The largest absolute Gasteiger partial charge is 0.511 e. The molecule has 37 heavy (non-hydrogen) atoms. The number of methoxy groups -OCH3 is 2. The minimum atomic E-state index is -1.50. The first-order chi connectivity index (χ1) is 17.8. The van der Waals surface area contributed by atoms with Crippen LogP contribution in [0.3, 0.4) is 0 Å². The summed E-state index contributed by atoms with van der Waals surface area (Å²) in [5.74, 6) is -0.345. The number of carbonyl (C=O) groups excluding carboxylic acids is 1. The van der Waals surface area contributed by atoms with Crippen LogP contribution < -0.4 is 19.5 Å². The van der Waals surface area contributed by atoms with E-state index in [-0.39, 0.29) is 36.1 Å². The number of nitrogens with zero attached hydrogens (tertiary/aromatic N) is 1. The second-order valence-corrected chi connectivity index (χ2v) is 8.25. The number of fused-ring (bicyclic) bond motifs is 1. The minimum Gasteiger partial charge on any atom is -0.493 e. The number of amides is 1. The summed E-state index contributed by atoms with van der Waals surface area (Å²) in [6, 6.07) is 13.2. The van der Waals surface area contributed by atoms with Crippen LogP contribution in [0.2, 0.25) is 0 Å². The second-order valence-electron chi connectivity index (χ2n) is 8.25. The van der Waals surface area contributed by atoms with Crippen LogP contribution in [-0.2, 0) is 11.3 Å². The molecular formula is C28H25FN2O6. The highest BCUT2D eigenvalue weighted by Crippen LogP contribution is 2.45. The number of hydrogen-bond donors (Lipinski definition) is 2. The maximum atomic E-state index is 14.2. The Kier molecular flexibility index (Phi) is 7.52. The van der Waals surface area contributed by atoms with E-state index in [1.165, 1.54) is 26.4 Å². The average Bonchev–Trinajstić information content (AvgIpc) is 3.13. The Bertz CT molecular complexity index is 1390. The first-order valence-electron chi connectivity index (χ1n) is 11.4. The number of ether oxygens (including phenoxy) is 3. The van der Waals surface area contributed by atoms with Crippen LogP contribution in [-0.4, -0.2) is 36.4 Å². The summed E-state index contributed by atoms with van der Waals surface area (Å²) in [5.41, 5.74) is 5.10. The lowest BCUT2D eigenvalue weighted by Gasteiger charge is -2.13. The molecule has 0 bridgehead atoms. The number of carbonyl (C=O) groups is 2. The van der Waals surface area contributed by atoms with Crippen molar-refractivity contribution in [1.29, 1.82) is 0 Å². The second kappa shape index (κ2) is 10.9. The molecule has 1 aliphatic rings. The van der Waals surface area contributed by atoms with Gasteiger partial charge in [-0.05, 0) is 82.8 Å². The SMILES string of the molecule is COc1cc(/C=C2/C(C)=C(CC(=O)NCc3ccccn3)c3cc(F)ccc32)cc(OC)c1OC(=O)O. The zero-order valence-corrected chi connectivity index (χ0v) is 20.5. The Hall–Kier alpha value is -4.66. The van der Waals surface area contributed by atoms with E-state index in [2.05, 4.69) is 10.3 Å². The van der Waals surface area contributed by atoms with Gasteiger partial charge < -0.3 is 24.6 Å². The lowest BCUT2D eigenvalue weighted by atomic mass is 10.00. The van der Waals surface area contributed by atoms with Crippen LogP contribution >= 0.6 is 0 Å². The van der Waals surface area contributed by atoms with Crippen molar-refractivity contribution in [2.45, 2.75) is 19.9 Å². The molecule has 1 amide bonds. The predicted molar refractivity (Wildman–Crippen MR) is 136 cm³/mol. The Morgan fingerprint density at radius 1 is 1.05 bits per heavy atom. The number of benzene rings is 2. The van der Waals surface area contributed by atoms with Crippen molar-refractivity contribution in [2.24, 2.45) is 0 Å². The maximum Gasteiger partial charge on any atom is 0.511 e. The van der Waals surface area contributed by atoms with Gasteiger partial charge in [0.1, 0.15) is 5.82 Å². The summed E-state index contributed by atoms with van der Waals surface area (Å²) in [7, 11) is 2.78. The van der Waals surface area contributed by atoms with Gasteiger partial charge in [0.2, 0.25) is 11.7 Å². The molecule has 0 spiro atoms. The van der Waals surface area contributed by atoms with Crippen molar-refractivity contribution in [1.82, 2.24) is 10.3 Å². The third-order valence-corrected chi connectivity index (χ3v) is 5.97. The predicted octanol–water partition coefficient (Wildman–Crippen LogP) is 5.33. The summed E-state index contributed by atoms with van der Waals surface area (Å²) >= 11 is 0. The normalized spacial score (nSPS) is 13.4. The van der Waals surface area contributed by atoms with E-state index < -0.39 is 12.0 Å². The number of carboxylic acid groups (broad SMARTS) is 1. The molecule has 1 aliphatic carbocycles. The summed E-state index contributed by atoms with van der Waals surface area (Å²) < 4.78 is 29.7. The summed E-state index contributed by atoms with van der Waals surface area (Å²) in [5, 5.41) is 11.9. The standard InChI is InChI=1S/C28H25FN2O6/c1-16-21(10-17-11-24(35-2)27(37-28(33)34)25(12-17)36-3)20-8-7-18(29)13-23(20)22(16)14-26(32)31-15-19-6-4-5-9-30-19/h4-13H,14-15H2,1-3H3,(H,31,32)(H,33,34)/b21-10-. The van der Waals surface area contributed by atoms with E-state index in [1.54, 1.807) is 30.5 Å². The highest BCUT2D eigenvalue weighted by molar-refractivity contribution is 6.08. The van der Waals surface area contributed by atoms with Crippen molar-refractivity contribution in [2.75, 3.05) is 14.2 Å². The first kappa shape index (κ1) is 25.4. The fraction of sp³-hybridized carbons (Fsp3) is 0.179. The van der Waals surface area contributed by atoms with E-state index in [9.17, 15) is 14.0 Å². The number of allylic oxidation sites excluding steroid dienone is 2. The van der Waals surface area contributed by atoms with Gasteiger partial charge in [0, 0.05) is 6.20 Å². The van der Waals surface area contributed by atoms with Gasteiger partial charge in [0.05, 0.1) is 32.9 Å². The van der Waals surface area contributed by atoms with Gasteiger partial charge in [0.25, 0.3) is 0 Å². The third-order valence-electron chi connectivity index (χ3n) is 5.97. The highest BCUT2D eigenvalue weighted by atomic mass is 19.1. The van der Waals surface area contributed by atoms with Crippen LogP contribution in [0.1, 0.15) is 35.7 Å². The Morgan fingerprint density at radius 3 is 2.41 bits per heavy atom. The Labute approximate surface area is 213 Å². The Balaban J connectivity index is 1.70. The molecule has 190 valence electrons. The molecule has 0 saturated carbocycles. The number of rotatable bonds is 8. The fourth-order valence-electron chi connectivity index (χ4n) is 4.23. The molecule has 1 heterocycles. The molecule has 8 nitrogen and oxygen atoms in total. The molecule has 9 heteroatoms. The smallest absolute Gasteiger partial charge is 0.493 e. The molecule has 0 fully saturated rings. The molecule has 2 aromatic carbocycles. The molecule has 0 unspecified atom stereocenters. The minimum absolute atomic E-state index is 0.0600. The van der Waals surface area contributed by atoms with Crippen molar-refractivity contribution < 1.29 is 33.3 Å². The quantitative estimate of drug-likeness (QED) is 0.315. The van der Waals surface area contributed by atoms with Crippen molar-refractivity contribution in [3.63, 3.8) is 0 Å². The van der Waals surface area contributed by atoms with Crippen LogP contribution in [0.4, 0.5) is 9.18 Å². The maximum absolute atomic E-state index is 14.2. The molecule has 3 aromatic rings. The lowest BCUT2D eigenvalue weighted by Crippen LogP contribution is -2.23. The average molecular weight is 505 g/mol. The van der Waals surface area contributed by atoms with Crippen molar-refractivity contribution >= 4 is 29.3 Å². The van der Waals surface area contributed by atoms with E-state index in [0.717, 1.165) is 22.4 Å². The number of hydrogen-bond acceptors (Lipinski definition) is 6. The number of aromatic nitrogens is 1. The molecule has 1 aromatic heterocycles. The van der Waals surface area contributed by atoms with E-state index in [0.29, 0.717) is 16.7 Å². The van der Waals surface area contributed by atoms with Gasteiger partial charge in [-0.25, -0.2) is 9.18 Å². The first-order valence-corrected chi connectivity index (χ1v) is 11.4. The van der Waals surface area contributed by atoms with E-state index in [4.69, 9.17) is 19.3 Å². The van der Waals surface area contributed by atoms with E-state index >= 15 is 0 Å². The highest BCUT2D eigenvalue weighted by Gasteiger charge is 2.26. The number of pyridine rings is 1. The van der Waals surface area contributed by atoms with Crippen LogP contribution in [0.15, 0.2) is 60.3 Å². The molecule has 0 aliphatic heterocycles. The number of nitrogens with one attached hydrogen (secondary N) is 1. The zero-order valence-electron chi connectivity index (χ0n) is 20.5. The molecule has 2 N–H and O–H groups in total. The van der Waals surface area contributed by atoms with Gasteiger partial charge in [-0.15, -0.1) is 0 Å². The summed E-state index contributed by atoms with van der Waals surface area (Å²) in [4.78, 5) is 28.1. The molecule has 4 rings (SSSR count). The van der Waals surface area contributed by atoms with Crippen molar-refractivity contribution in [3.05, 3.63) is 88.5 Å². The molecular weight excluding hydrogens is 479 g/mol. The molecule has 0 radical (unpaired) electrons. The fourth-order valence-corrected chi connectivity index (χ4v) is 4.23. The summed E-state index contributed by atoms with van der Waals surface area (Å²) in [6.07, 6.45) is 2.07. The number of halogens is 1. The van der Waals surface area contributed by atoms with Crippen LogP contribution in [0.25, 0.3) is 17.2 Å². The van der Waals surface area contributed by atoms with Crippen LogP contribution in [0.5, 0.6) is 17.2 Å². The molecule has 0 atom stereocenters. The van der Waals surface area contributed by atoms with Gasteiger partial charge in [-0.1, -0.05) is 12.1 Å². The monoisotopic (exact) mass is 504 g/mol. The van der Waals surface area contributed by atoms with Crippen LogP contribution in [0, 0.1) is 5.82 Å². The molecule has 0 saturated heterocycles. The lowest BCUT2D eigenvalue weighted by molar-refractivity contribution is -0.120. The van der Waals surface area contributed by atoms with Gasteiger partial charge in [-0.2, -0.15) is 0 Å². The van der Waals surface area contributed by atoms with Crippen molar-refractivity contribution in [3.8, 4) is 17.2 Å². The van der Waals surface area contributed by atoms with Gasteiger partial charge in [0.15, 0.2) is 11.5 Å². The zero-order chi connectivity index (χ0) is 26.5. The van der Waals surface area contributed by atoms with E-state index in [1.807, 2.05) is 25.1 Å². The Morgan fingerprint density at radius 2 is 1.78 bits per heavy atom. The topological polar surface area (TPSA) is 107 Å².